The van der Waals surface area contributed by atoms with Gasteiger partial charge >= 0.3 is 6.18 Å². The van der Waals surface area contributed by atoms with Gasteiger partial charge < -0.3 is 14.9 Å². The van der Waals surface area contributed by atoms with Gasteiger partial charge in [0.15, 0.2) is 11.4 Å². The number of hydrogen-bond acceptors (Lipinski definition) is 4. The van der Waals surface area contributed by atoms with E-state index in [4.69, 9.17) is 10.5 Å². The van der Waals surface area contributed by atoms with Crippen molar-refractivity contribution in [2.45, 2.75) is 12.1 Å². The topological polar surface area (TPSA) is 76.3 Å². The summed E-state index contributed by atoms with van der Waals surface area (Å²) in [5, 5.41) is 9.51. The van der Waals surface area contributed by atoms with Crippen molar-refractivity contribution in [1.82, 2.24) is 9.38 Å². The first-order valence-electron chi connectivity index (χ1n) is 7.60. The molecular formula is C18H11F3N4O. The van der Waals surface area contributed by atoms with Crippen LogP contribution in [0.2, 0.25) is 0 Å². The molecule has 2 aromatic heterocycles. The molecule has 1 atom stereocenters. The SMILES string of the molecule is N#CC1=C(N)Oc2c(ccn3ccnc23)C1c1cccc(C(F)(F)F)c1. The number of ether oxygens (including phenoxy) is 1. The quantitative estimate of drug-likeness (QED) is 0.723. The third-order valence-corrected chi connectivity index (χ3v) is 4.29. The van der Waals surface area contributed by atoms with E-state index in [9.17, 15) is 18.4 Å². The van der Waals surface area contributed by atoms with Gasteiger partial charge in [0.2, 0.25) is 5.88 Å². The molecular weight excluding hydrogens is 345 g/mol. The van der Waals surface area contributed by atoms with E-state index in [0.717, 1.165) is 12.1 Å². The number of fused-ring (bicyclic) bond motifs is 3. The summed E-state index contributed by atoms with van der Waals surface area (Å²) in [6.07, 6.45) is 0.497. The van der Waals surface area contributed by atoms with Crippen molar-refractivity contribution in [1.29, 1.82) is 5.26 Å². The maximum Gasteiger partial charge on any atom is 0.416 e. The second-order valence-corrected chi connectivity index (χ2v) is 5.81. The zero-order chi connectivity index (χ0) is 18.5. The van der Waals surface area contributed by atoms with Gasteiger partial charge in [-0.15, -0.1) is 0 Å². The fourth-order valence-electron chi connectivity index (χ4n) is 3.13. The molecule has 0 saturated heterocycles. The second-order valence-electron chi connectivity index (χ2n) is 5.81. The van der Waals surface area contributed by atoms with Gasteiger partial charge in [-0.3, -0.25) is 0 Å². The van der Waals surface area contributed by atoms with Crippen LogP contribution in [0.4, 0.5) is 13.2 Å². The number of pyridine rings is 1. The average molecular weight is 356 g/mol. The summed E-state index contributed by atoms with van der Waals surface area (Å²) in [4.78, 5) is 4.20. The Hall–Kier alpha value is -3.47. The van der Waals surface area contributed by atoms with E-state index in [-0.39, 0.29) is 11.5 Å². The summed E-state index contributed by atoms with van der Waals surface area (Å²) in [5.74, 6) is -0.581. The Labute approximate surface area is 145 Å². The Kier molecular flexibility index (Phi) is 3.40. The molecule has 0 saturated carbocycles. The van der Waals surface area contributed by atoms with Crippen LogP contribution in [0.1, 0.15) is 22.6 Å². The summed E-state index contributed by atoms with van der Waals surface area (Å²) >= 11 is 0. The summed E-state index contributed by atoms with van der Waals surface area (Å²) in [6.45, 7) is 0. The van der Waals surface area contributed by atoms with Crippen LogP contribution >= 0.6 is 0 Å². The van der Waals surface area contributed by atoms with E-state index in [1.165, 1.54) is 12.1 Å². The number of alkyl halides is 3. The Balaban J connectivity index is 1.97. The van der Waals surface area contributed by atoms with Crippen molar-refractivity contribution in [3.05, 3.63) is 77.1 Å². The van der Waals surface area contributed by atoms with Crippen LogP contribution in [0.15, 0.2) is 60.4 Å². The summed E-state index contributed by atoms with van der Waals surface area (Å²) in [6, 6.07) is 8.52. The number of hydrogen-bond donors (Lipinski definition) is 1. The van der Waals surface area contributed by atoms with Gasteiger partial charge in [-0.1, -0.05) is 18.2 Å². The molecule has 0 bridgehead atoms. The number of halogens is 3. The molecule has 130 valence electrons. The molecule has 0 aliphatic carbocycles. The molecule has 1 aliphatic heterocycles. The molecule has 1 aromatic carbocycles. The maximum atomic E-state index is 13.1. The summed E-state index contributed by atoms with van der Waals surface area (Å²) < 4.78 is 46.6. The normalized spacial score (nSPS) is 16.9. The van der Waals surface area contributed by atoms with Crippen molar-refractivity contribution in [3.8, 4) is 11.8 Å². The van der Waals surface area contributed by atoms with Gasteiger partial charge in [-0.05, 0) is 17.7 Å². The molecule has 0 amide bonds. The van der Waals surface area contributed by atoms with E-state index >= 15 is 0 Å². The molecule has 2 N–H and O–H groups in total. The van der Waals surface area contributed by atoms with Crippen LogP contribution in [-0.2, 0) is 6.18 Å². The number of nitriles is 1. The van der Waals surface area contributed by atoms with Crippen LogP contribution in [0.25, 0.3) is 5.65 Å². The van der Waals surface area contributed by atoms with Crippen LogP contribution in [0.5, 0.6) is 5.75 Å². The van der Waals surface area contributed by atoms with Gasteiger partial charge in [0.25, 0.3) is 0 Å². The molecule has 8 heteroatoms. The van der Waals surface area contributed by atoms with Crippen LogP contribution in [0, 0.1) is 11.3 Å². The molecule has 0 spiro atoms. The van der Waals surface area contributed by atoms with Crippen molar-refractivity contribution >= 4 is 5.65 Å². The van der Waals surface area contributed by atoms with E-state index in [1.54, 1.807) is 29.1 Å². The fraction of sp³-hybridized carbons (Fsp3) is 0.111. The maximum absolute atomic E-state index is 13.1. The summed E-state index contributed by atoms with van der Waals surface area (Å²) in [7, 11) is 0. The lowest BCUT2D eigenvalue weighted by Gasteiger charge is -2.27. The van der Waals surface area contributed by atoms with Crippen LogP contribution < -0.4 is 10.5 Å². The van der Waals surface area contributed by atoms with E-state index in [2.05, 4.69) is 4.98 Å². The fourth-order valence-corrected chi connectivity index (χ4v) is 3.13. The standard InChI is InChI=1S/C18H11F3N4O/c19-18(20,21)11-3-1-2-10(8-11)14-12-4-6-25-7-5-24-17(25)15(12)26-16(23)13(14)9-22/h1-8,14H,23H2. The molecule has 0 radical (unpaired) electrons. The van der Waals surface area contributed by atoms with E-state index in [1.807, 2.05) is 6.07 Å². The Bertz CT molecular complexity index is 1090. The lowest BCUT2D eigenvalue weighted by molar-refractivity contribution is -0.137. The van der Waals surface area contributed by atoms with E-state index in [0.29, 0.717) is 22.5 Å². The molecule has 4 rings (SSSR count). The molecule has 3 heterocycles. The Morgan fingerprint density at radius 3 is 2.77 bits per heavy atom. The highest BCUT2D eigenvalue weighted by Gasteiger charge is 2.35. The molecule has 1 unspecified atom stereocenters. The van der Waals surface area contributed by atoms with Gasteiger partial charge in [0.1, 0.15) is 11.6 Å². The minimum Gasteiger partial charge on any atom is -0.436 e. The molecule has 26 heavy (non-hydrogen) atoms. The number of imidazole rings is 1. The monoisotopic (exact) mass is 356 g/mol. The first-order chi connectivity index (χ1) is 12.4. The number of nitrogens with two attached hydrogens (primary N) is 1. The highest BCUT2D eigenvalue weighted by Crippen LogP contribution is 2.44. The number of benzene rings is 1. The zero-order valence-corrected chi connectivity index (χ0v) is 13.2. The van der Waals surface area contributed by atoms with Gasteiger partial charge in [-0.2, -0.15) is 18.4 Å². The zero-order valence-electron chi connectivity index (χ0n) is 13.2. The van der Waals surface area contributed by atoms with Crippen molar-refractivity contribution in [2.75, 3.05) is 0 Å². The lowest BCUT2D eigenvalue weighted by atomic mass is 9.83. The van der Waals surface area contributed by atoms with Crippen LogP contribution in [0.3, 0.4) is 0 Å². The van der Waals surface area contributed by atoms with Crippen molar-refractivity contribution in [2.24, 2.45) is 5.73 Å². The van der Waals surface area contributed by atoms with E-state index < -0.39 is 17.7 Å². The second kappa shape index (κ2) is 5.52. The van der Waals surface area contributed by atoms with Crippen LogP contribution in [-0.4, -0.2) is 9.38 Å². The summed E-state index contributed by atoms with van der Waals surface area (Å²) in [5.41, 5.74) is 6.48. The van der Waals surface area contributed by atoms with Crippen molar-refractivity contribution < 1.29 is 17.9 Å². The number of allylic oxidation sites excluding steroid dienone is 1. The smallest absolute Gasteiger partial charge is 0.416 e. The largest absolute Gasteiger partial charge is 0.436 e. The Morgan fingerprint density at radius 1 is 1.23 bits per heavy atom. The van der Waals surface area contributed by atoms with Gasteiger partial charge in [0.05, 0.1) is 11.5 Å². The van der Waals surface area contributed by atoms with Crippen molar-refractivity contribution in [3.63, 3.8) is 0 Å². The number of aromatic nitrogens is 2. The minimum absolute atomic E-state index is 0.0627. The molecule has 1 aliphatic rings. The first-order valence-corrected chi connectivity index (χ1v) is 7.60. The highest BCUT2D eigenvalue weighted by molar-refractivity contribution is 5.66. The predicted octanol–water partition coefficient (Wildman–Crippen LogP) is 3.57. The molecule has 3 aromatic rings. The average Bonchev–Trinajstić information content (AvgIpc) is 3.09. The third kappa shape index (κ3) is 2.37. The minimum atomic E-state index is -4.49. The number of nitrogens with zero attached hydrogens (tertiary/aromatic N) is 3. The number of rotatable bonds is 1. The highest BCUT2D eigenvalue weighted by atomic mass is 19.4. The lowest BCUT2D eigenvalue weighted by Crippen LogP contribution is -2.22. The third-order valence-electron chi connectivity index (χ3n) is 4.29. The van der Waals surface area contributed by atoms with Gasteiger partial charge in [0, 0.05) is 24.2 Å². The molecule has 0 fully saturated rings. The predicted molar refractivity (Wildman–Crippen MR) is 85.9 cm³/mol. The first kappa shape index (κ1) is 16.0. The Morgan fingerprint density at radius 2 is 2.04 bits per heavy atom. The van der Waals surface area contributed by atoms with Gasteiger partial charge in [-0.25, -0.2) is 4.98 Å². The molecule has 5 nitrogen and oxygen atoms in total.